The number of rotatable bonds is 8. The molecule has 1 atom stereocenters. The third kappa shape index (κ3) is 8.57. The van der Waals surface area contributed by atoms with Crippen LogP contribution in [0.4, 0.5) is 10.5 Å². The Labute approximate surface area is 244 Å². The maximum absolute atomic E-state index is 13.6. The van der Waals surface area contributed by atoms with Crippen molar-refractivity contribution in [1.29, 1.82) is 0 Å². The number of carbonyl (C=O) groups excluding carboxylic acids is 3. The molecule has 2 fully saturated rings. The fourth-order valence-electron chi connectivity index (χ4n) is 6.02. The van der Waals surface area contributed by atoms with E-state index >= 15 is 0 Å². The molecule has 0 radical (unpaired) electrons. The molecule has 1 unspecified atom stereocenters. The van der Waals surface area contributed by atoms with E-state index in [2.05, 4.69) is 27.9 Å². The van der Waals surface area contributed by atoms with Crippen LogP contribution in [0.1, 0.15) is 114 Å². The number of hydrogen-bond acceptors (Lipinski definition) is 5. The third-order valence-corrected chi connectivity index (χ3v) is 8.12. The number of ether oxygens (including phenoxy) is 1. The van der Waals surface area contributed by atoms with Crippen LogP contribution >= 0.6 is 0 Å². The molecule has 2 heterocycles. The van der Waals surface area contributed by atoms with Gasteiger partial charge >= 0.3 is 6.09 Å². The summed E-state index contributed by atoms with van der Waals surface area (Å²) in [6.07, 6.45) is 9.34. The van der Waals surface area contributed by atoms with E-state index in [0.29, 0.717) is 37.0 Å². The van der Waals surface area contributed by atoms with Crippen LogP contribution in [0.3, 0.4) is 0 Å². The van der Waals surface area contributed by atoms with Gasteiger partial charge in [0.25, 0.3) is 5.91 Å². The van der Waals surface area contributed by atoms with E-state index in [1.165, 1.54) is 24.8 Å². The summed E-state index contributed by atoms with van der Waals surface area (Å²) < 4.78 is 7.20. The summed E-state index contributed by atoms with van der Waals surface area (Å²) >= 11 is 0. The SMILES string of the molecule is CC(C)n1nccc1C(=O)Nc1ccc(C2CCN(C(=O)C(CC3CCCCC3)NC(=O)OC(C)(C)C)CC2)cc1. The molecular weight excluding hydrogens is 518 g/mol. The van der Waals surface area contributed by atoms with Gasteiger partial charge in [-0.1, -0.05) is 44.2 Å². The van der Waals surface area contributed by atoms with E-state index in [9.17, 15) is 14.4 Å². The van der Waals surface area contributed by atoms with Crippen LogP contribution < -0.4 is 10.6 Å². The lowest BCUT2D eigenvalue weighted by Crippen LogP contribution is -2.52. The molecule has 2 aliphatic rings. The zero-order valence-electron chi connectivity index (χ0n) is 25.3. The second-order valence-corrected chi connectivity index (χ2v) is 12.9. The van der Waals surface area contributed by atoms with Crippen molar-refractivity contribution in [3.05, 3.63) is 47.8 Å². The highest BCUT2D eigenvalue weighted by atomic mass is 16.6. The monoisotopic (exact) mass is 565 g/mol. The van der Waals surface area contributed by atoms with Gasteiger partial charge in [0.15, 0.2) is 0 Å². The number of piperidine rings is 1. The molecule has 41 heavy (non-hydrogen) atoms. The lowest BCUT2D eigenvalue weighted by Gasteiger charge is -2.36. The van der Waals surface area contributed by atoms with Crippen molar-refractivity contribution in [1.82, 2.24) is 20.0 Å². The average Bonchev–Trinajstić information content (AvgIpc) is 3.43. The number of nitrogens with zero attached hydrogens (tertiary/aromatic N) is 3. The molecule has 1 aliphatic heterocycles. The summed E-state index contributed by atoms with van der Waals surface area (Å²) in [7, 11) is 0. The molecular formula is C32H47N5O4. The van der Waals surface area contributed by atoms with E-state index in [4.69, 9.17) is 4.74 Å². The van der Waals surface area contributed by atoms with Crippen molar-refractivity contribution in [2.24, 2.45) is 5.92 Å². The molecule has 0 bridgehead atoms. The minimum Gasteiger partial charge on any atom is -0.444 e. The van der Waals surface area contributed by atoms with Crippen LogP contribution in [0.25, 0.3) is 0 Å². The van der Waals surface area contributed by atoms with Gasteiger partial charge in [-0.05, 0) is 89.5 Å². The van der Waals surface area contributed by atoms with Crippen molar-refractivity contribution in [2.75, 3.05) is 18.4 Å². The first-order valence-electron chi connectivity index (χ1n) is 15.2. The fourth-order valence-corrected chi connectivity index (χ4v) is 6.02. The van der Waals surface area contributed by atoms with E-state index < -0.39 is 17.7 Å². The molecule has 3 amide bonds. The Hall–Kier alpha value is -3.36. The molecule has 2 N–H and O–H groups in total. The van der Waals surface area contributed by atoms with Gasteiger partial charge in [0.2, 0.25) is 5.91 Å². The topological polar surface area (TPSA) is 106 Å². The first-order chi connectivity index (χ1) is 19.5. The second kappa shape index (κ2) is 13.5. The number of benzene rings is 1. The molecule has 1 aromatic heterocycles. The van der Waals surface area contributed by atoms with Crippen molar-refractivity contribution in [3.63, 3.8) is 0 Å². The first-order valence-corrected chi connectivity index (χ1v) is 15.2. The number of nitrogens with one attached hydrogen (secondary N) is 2. The van der Waals surface area contributed by atoms with Crippen LogP contribution in [0.5, 0.6) is 0 Å². The van der Waals surface area contributed by atoms with Crippen LogP contribution in [0.15, 0.2) is 36.5 Å². The fraction of sp³-hybridized carbons (Fsp3) is 0.625. The molecule has 4 rings (SSSR count). The molecule has 1 aromatic carbocycles. The average molecular weight is 566 g/mol. The van der Waals surface area contributed by atoms with Gasteiger partial charge in [0, 0.05) is 31.0 Å². The third-order valence-electron chi connectivity index (χ3n) is 8.12. The number of alkyl carbamates (subject to hydrolysis) is 1. The minimum atomic E-state index is -0.615. The summed E-state index contributed by atoms with van der Waals surface area (Å²) in [5.74, 6) is 0.606. The maximum atomic E-state index is 13.6. The standard InChI is InChI=1S/C32H47N5O4/c1-22(2)37-28(15-18-33-37)29(38)34-26-13-11-24(12-14-26)25-16-19-36(20-17-25)30(39)27(21-23-9-7-6-8-10-23)35-31(40)41-32(3,4)5/h11-15,18,22-23,25,27H,6-10,16-17,19-21H2,1-5H3,(H,34,38)(H,35,40). The van der Waals surface area contributed by atoms with Crippen LogP contribution in [0.2, 0.25) is 0 Å². The van der Waals surface area contributed by atoms with Gasteiger partial charge in [0.05, 0.1) is 0 Å². The number of likely N-dealkylation sites (tertiary alicyclic amines) is 1. The van der Waals surface area contributed by atoms with Gasteiger partial charge in [-0.25, -0.2) is 4.79 Å². The molecule has 1 saturated heterocycles. The Morgan fingerprint density at radius 1 is 0.976 bits per heavy atom. The first kappa shape index (κ1) is 30.6. The largest absolute Gasteiger partial charge is 0.444 e. The zero-order chi connectivity index (χ0) is 29.6. The summed E-state index contributed by atoms with van der Waals surface area (Å²) in [6, 6.07) is 9.26. The van der Waals surface area contributed by atoms with Gasteiger partial charge in [-0.15, -0.1) is 0 Å². The van der Waals surface area contributed by atoms with E-state index in [-0.39, 0.29) is 17.9 Å². The zero-order valence-corrected chi connectivity index (χ0v) is 25.3. The van der Waals surface area contributed by atoms with E-state index in [0.717, 1.165) is 31.4 Å². The summed E-state index contributed by atoms with van der Waals surface area (Å²) in [5.41, 5.74) is 1.86. The van der Waals surface area contributed by atoms with Crippen LogP contribution in [-0.2, 0) is 9.53 Å². The Morgan fingerprint density at radius 2 is 1.63 bits per heavy atom. The van der Waals surface area contributed by atoms with Crippen molar-refractivity contribution < 1.29 is 19.1 Å². The highest BCUT2D eigenvalue weighted by Crippen LogP contribution is 2.31. The Kier molecular flexibility index (Phi) is 10.1. The predicted molar refractivity (Wildman–Crippen MR) is 160 cm³/mol. The molecule has 1 saturated carbocycles. The normalized spacial score (nSPS) is 17.8. The van der Waals surface area contributed by atoms with Gasteiger partial charge < -0.3 is 20.3 Å². The quantitative estimate of drug-likeness (QED) is 0.392. The van der Waals surface area contributed by atoms with Gasteiger partial charge in [-0.3, -0.25) is 14.3 Å². The number of anilines is 1. The van der Waals surface area contributed by atoms with Crippen LogP contribution in [-0.4, -0.2) is 57.3 Å². The number of amides is 3. The highest BCUT2D eigenvalue weighted by molar-refractivity contribution is 6.03. The Balaban J connectivity index is 1.33. The Bertz CT molecular complexity index is 1170. The minimum absolute atomic E-state index is 0.00131. The summed E-state index contributed by atoms with van der Waals surface area (Å²) in [6.45, 7) is 10.8. The van der Waals surface area contributed by atoms with Crippen molar-refractivity contribution in [2.45, 2.75) is 110 Å². The lowest BCUT2D eigenvalue weighted by atomic mass is 9.84. The number of hydrogen-bond donors (Lipinski definition) is 2. The maximum Gasteiger partial charge on any atom is 0.408 e. The van der Waals surface area contributed by atoms with Gasteiger partial charge in [0.1, 0.15) is 17.3 Å². The number of aromatic nitrogens is 2. The molecule has 9 nitrogen and oxygen atoms in total. The van der Waals surface area contributed by atoms with E-state index in [1.807, 2.05) is 51.7 Å². The van der Waals surface area contributed by atoms with Gasteiger partial charge in [-0.2, -0.15) is 5.10 Å². The molecule has 2 aromatic rings. The smallest absolute Gasteiger partial charge is 0.408 e. The molecule has 0 spiro atoms. The number of carbonyl (C=O) groups is 3. The van der Waals surface area contributed by atoms with Crippen LogP contribution in [0, 0.1) is 5.92 Å². The van der Waals surface area contributed by atoms with Crippen molar-refractivity contribution >= 4 is 23.6 Å². The Morgan fingerprint density at radius 3 is 2.24 bits per heavy atom. The predicted octanol–water partition coefficient (Wildman–Crippen LogP) is 6.29. The molecule has 1 aliphatic carbocycles. The summed E-state index contributed by atoms with van der Waals surface area (Å²) in [5, 5.41) is 10.1. The highest BCUT2D eigenvalue weighted by Gasteiger charge is 2.33. The van der Waals surface area contributed by atoms with E-state index in [1.54, 1.807) is 16.9 Å². The summed E-state index contributed by atoms with van der Waals surface area (Å²) in [4.78, 5) is 40.9. The van der Waals surface area contributed by atoms with Crippen molar-refractivity contribution in [3.8, 4) is 0 Å². The molecule has 224 valence electrons. The molecule has 9 heteroatoms. The second-order valence-electron chi connectivity index (χ2n) is 12.9. The lowest BCUT2D eigenvalue weighted by molar-refractivity contribution is -0.135.